The largest absolute Gasteiger partial charge is 0.486 e. The van der Waals surface area contributed by atoms with Gasteiger partial charge in [0.2, 0.25) is 0 Å². The lowest BCUT2D eigenvalue weighted by Crippen LogP contribution is -2.35. The van der Waals surface area contributed by atoms with Gasteiger partial charge in [0, 0.05) is 41.3 Å². The molecule has 0 saturated carbocycles. The molecular formula is C42H46Cl4N4O6. The summed E-state index contributed by atoms with van der Waals surface area (Å²) in [6.45, 7) is 14.0. The molecule has 2 aliphatic rings. The normalized spacial score (nSPS) is 15.5. The van der Waals surface area contributed by atoms with Crippen LogP contribution < -0.4 is 9.47 Å². The third kappa shape index (κ3) is 12.9. The number of likely N-dealkylation sites (tertiary alicyclic amines) is 1. The van der Waals surface area contributed by atoms with Crippen LogP contribution in [0, 0.1) is 0 Å². The molecule has 0 N–H and O–H groups in total. The molecule has 1 atom stereocenters. The Labute approximate surface area is 348 Å². The van der Waals surface area contributed by atoms with Crippen LogP contribution in [0.2, 0.25) is 20.1 Å². The minimum Gasteiger partial charge on any atom is -0.486 e. The Morgan fingerprint density at radius 3 is 1.80 bits per heavy atom. The SMILES string of the molecule is CC(C)(C)OC(=O)N1CC=C(c2cccc(COc3ccc(Cl)cc3Cl)n2)C1.CC(C)(C)OC(=O)N1CCC(c2cccc(COc3ccc(Cl)cc3Cl)n2)C1. The number of carbonyl (C=O) groups is 2. The fourth-order valence-electron chi connectivity index (χ4n) is 5.73. The van der Waals surface area contributed by atoms with Gasteiger partial charge < -0.3 is 28.7 Å². The number of amides is 2. The van der Waals surface area contributed by atoms with Gasteiger partial charge in [0.1, 0.15) is 35.9 Å². The van der Waals surface area contributed by atoms with E-state index in [4.69, 9.17) is 70.3 Å². The van der Waals surface area contributed by atoms with Gasteiger partial charge in [0.15, 0.2) is 0 Å². The van der Waals surface area contributed by atoms with Crippen molar-refractivity contribution in [2.75, 3.05) is 26.2 Å². The average molecular weight is 845 g/mol. The maximum atomic E-state index is 12.3. The maximum absolute atomic E-state index is 12.3. The van der Waals surface area contributed by atoms with Crippen molar-refractivity contribution < 1.29 is 28.5 Å². The first-order chi connectivity index (χ1) is 26.4. The Morgan fingerprint density at radius 2 is 1.25 bits per heavy atom. The minimum atomic E-state index is -0.516. The molecule has 4 aromatic rings. The van der Waals surface area contributed by atoms with Crippen LogP contribution in [0.5, 0.6) is 11.5 Å². The lowest BCUT2D eigenvalue weighted by atomic mass is 10.0. The Kier molecular flexibility index (Phi) is 14.4. The molecule has 56 heavy (non-hydrogen) atoms. The first-order valence-corrected chi connectivity index (χ1v) is 19.7. The van der Waals surface area contributed by atoms with Crippen molar-refractivity contribution in [2.24, 2.45) is 0 Å². The molecule has 14 heteroatoms. The summed E-state index contributed by atoms with van der Waals surface area (Å²) in [6, 6.07) is 21.8. The molecule has 0 radical (unpaired) electrons. The van der Waals surface area contributed by atoms with Crippen molar-refractivity contribution in [3.8, 4) is 11.5 Å². The molecule has 0 bridgehead atoms. The first-order valence-electron chi connectivity index (χ1n) is 18.1. The molecule has 298 valence electrons. The second-order valence-electron chi connectivity index (χ2n) is 15.3. The molecule has 1 fully saturated rings. The van der Waals surface area contributed by atoms with Crippen molar-refractivity contribution in [2.45, 2.75) is 78.3 Å². The van der Waals surface area contributed by atoms with Crippen molar-refractivity contribution in [3.05, 3.63) is 122 Å². The van der Waals surface area contributed by atoms with E-state index in [-0.39, 0.29) is 24.7 Å². The third-order valence-corrected chi connectivity index (χ3v) is 9.39. The highest BCUT2D eigenvalue weighted by Crippen LogP contribution is 2.31. The Bertz CT molecular complexity index is 2020. The number of hydrogen-bond acceptors (Lipinski definition) is 8. The molecule has 2 amide bonds. The number of pyridine rings is 2. The van der Waals surface area contributed by atoms with Gasteiger partial charge in [0.05, 0.1) is 33.7 Å². The van der Waals surface area contributed by atoms with Gasteiger partial charge >= 0.3 is 12.2 Å². The van der Waals surface area contributed by atoms with E-state index in [0.29, 0.717) is 64.4 Å². The van der Waals surface area contributed by atoms with Crippen LogP contribution in [0.25, 0.3) is 5.57 Å². The lowest BCUT2D eigenvalue weighted by Gasteiger charge is -2.24. The molecule has 2 aliphatic heterocycles. The second kappa shape index (κ2) is 18.8. The molecule has 1 unspecified atom stereocenters. The highest BCUT2D eigenvalue weighted by molar-refractivity contribution is 6.36. The molecule has 6 rings (SSSR count). The van der Waals surface area contributed by atoms with E-state index in [1.807, 2.05) is 84.0 Å². The molecule has 0 aliphatic carbocycles. The Hall–Kier alpha value is -4.22. The second-order valence-corrected chi connectivity index (χ2v) is 17.0. The minimum absolute atomic E-state index is 0.187. The van der Waals surface area contributed by atoms with Crippen molar-refractivity contribution in [1.29, 1.82) is 0 Å². The monoisotopic (exact) mass is 842 g/mol. The zero-order chi connectivity index (χ0) is 40.6. The number of nitrogens with zero attached hydrogens (tertiary/aromatic N) is 4. The Balaban J connectivity index is 0.000000214. The number of hydrogen-bond donors (Lipinski definition) is 0. The smallest absolute Gasteiger partial charge is 0.410 e. The number of rotatable bonds is 8. The van der Waals surface area contributed by atoms with Crippen molar-refractivity contribution >= 4 is 64.2 Å². The highest BCUT2D eigenvalue weighted by Gasteiger charge is 2.31. The standard InChI is InChI=1S/C21H24Cl2N2O3.C21H22Cl2N2O3/c2*1-21(2,3)28-20(26)25-10-9-14(12-25)18-6-4-5-16(24-18)13-27-19-8-7-15(22)11-17(19)23/h4-8,11,14H,9-10,12-13H2,1-3H3;4-9,11H,10,12-13H2,1-3H3. The van der Waals surface area contributed by atoms with Gasteiger partial charge in [-0.2, -0.15) is 0 Å². The van der Waals surface area contributed by atoms with Crippen LogP contribution in [0.4, 0.5) is 9.59 Å². The number of benzene rings is 2. The highest BCUT2D eigenvalue weighted by atomic mass is 35.5. The van der Waals surface area contributed by atoms with Crippen LogP contribution in [-0.2, 0) is 22.7 Å². The quantitative estimate of drug-likeness (QED) is 0.173. The molecule has 10 nitrogen and oxygen atoms in total. The number of ether oxygens (including phenoxy) is 4. The molecule has 0 spiro atoms. The van der Waals surface area contributed by atoms with Gasteiger partial charge in [-0.3, -0.25) is 4.98 Å². The predicted octanol–water partition coefficient (Wildman–Crippen LogP) is 11.3. The number of carbonyl (C=O) groups excluding carboxylic acids is 2. The van der Waals surface area contributed by atoms with Crippen LogP contribution in [0.3, 0.4) is 0 Å². The van der Waals surface area contributed by atoms with Crippen LogP contribution in [0.1, 0.15) is 76.7 Å². The van der Waals surface area contributed by atoms with E-state index >= 15 is 0 Å². The van der Waals surface area contributed by atoms with E-state index in [9.17, 15) is 9.59 Å². The zero-order valence-corrected chi connectivity index (χ0v) is 35.3. The molecule has 2 aromatic heterocycles. The fraction of sp³-hybridized carbons (Fsp3) is 0.381. The van der Waals surface area contributed by atoms with Crippen LogP contribution >= 0.6 is 46.4 Å². The van der Waals surface area contributed by atoms with Gasteiger partial charge in [-0.05, 0) is 114 Å². The zero-order valence-electron chi connectivity index (χ0n) is 32.3. The third-order valence-electron chi connectivity index (χ3n) is 8.33. The predicted molar refractivity (Wildman–Crippen MR) is 221 cm³/mol. The lowest BCUT2D eigenvalue weighted by molar-refractivity contribution is 0.0286. The summed E-state index contributed by atoms with van der Waals surface area (Å²) in [5.74, 6) is 1.30. The van der Waals surface area contributed by atoms with E-state index in [1.54, 1.807) is 46.2 Å². The van der Waals surface area contributed by atoms with Crippen LogP contribution in [0.15, 0.2) is 78.9 Å². The van der Waals surface area contributed by atoms with Gasteiger partial charge in [-0.15, -0.1) is 0 Å². The molecule has 1 saturated heterocycles. The van der Waals surface area contributed by atoms with Gasteiger partial charge in [-0.25, -0.2) is 14.6 Å². The summed E-state index contributed by atoms with van der Waals surface area (Å²) in [5, 5.41) is 2.04. The summed E-state index contributed by atoms with van der Waals surface area (Å²) in [5.41, 5.74) is 3.31. The summed E-state index contributed by atoms with van der Waals surface area (Å²) in [4.78, 5) is 37.2. The van der Waals surface area contributed by atoms with Crippen molar-refractivity contribution in [1.82, 2.24) is 19.8 Å². The van der Waals surface area contributed by atoms with Crippen molar-refractivity contribution in [3.63, 3.8) is 0 Å². The van der Waals surface area contributed by atoms with Gasteiger partial charge in [0.25, 0.3) is 0 Å². The van der Waals surface area contributed by atoms with E-state index in [1.165, 1.54) is 0 Å². The first kappa shape index (κ1) is 42.9. The summed E-state index contributed by atoms with van der Waals surface area (Å²) in [7, 11) is 0. The van der Waals surface area contributed by atoms with E-state index in [0.717, 1.165) is 34.8 Å². The topological polar surface area (TPSA) is 103 Å². The average Bonchev–Trinajstić information content (AvgIpc) is 3.82. The summed E-state index contributed by atoms with van der Waals surface area (Å²) >= 11 is 24.1. The number of aromatic nitrogens is 2. The summed E-state index contributed by atoms with van der Waals surface area (Å²) < 4.78 is 22.4. The summed E-state index contributed by atoms with van der Waals surface area (Å²) in [6.07, 6.45) is 2.26. The fourth-order valence-corrected chi connectivity index (χ4v) is 6.66. The Morgan fingerprint density at radius 1 is 0.714 bits per heavy atom. The molecular weight excluding hydrogens is 798 g/mol. The van der Waals surface area contributed by atoms with E-state index < -0.39 is 11.2 Å². The van der Waals surface area contributed by atoms with E-state index in [2.05, 4.69) is 4.98 Å². The van der Waals surface area contributed by atoms with Crippen LogP contribution in [-0.4, -0.2) is 69.3 Å². The molecule has 4 heterocycles. The maximum Gasteiger partial charge on any atom is 0.410 e. The van der Waals surface area contributed by atoms with Gasteiger partial charge in [-0.1, -0.05) is 64.6 Å². The molecule has 2 aromatic carbocycles. The number of halogens is 4.